The van der Waals surface area contributed by atoms with E-state index in [1.54, 1.807) is 5.01 Å². The molecule has 0 radical (unpaired) electrons. The van der Waals surface area contributed by atoms with Crippen molar-refractivity contribution < 1.29 is 13.9 Å². The number of morpholine rings is 1. The van der Waals surface area contributed by atoms with Gasteiger partial charge in [-0.05, 0) is 37.1 Å². The zero-order valence-electron chi connectivity index (χ0n) is 16.5. The van der Waals surface area contributed by atoms with Crippen LogP contribution in [0.2, 0.25) is 5.02 Å². The highest BCUT2D eigenvalue weighted by Gasteiger charge is 2.28. The Hall–Kier alpha value is -2.35. The van der Waals surface area contributed by atoms with Crippen molar-refractivity contribution in [2.45, 2.75) is 25.3 Å². The van der Waals surface area contributed by atoms with E-state index < -0.39 is 0 Å². The molecule has 0 bridgehead atoms. The normalized spacial score (nSPS) is 18.1. The minimum atomic E-state index is -0.293. The van der Waals surface area contributed by atoms with Gasteiger partial charge in [0.05, 0.1) is 19.8 Å². The summed E-state index contributed by atoms with van der Waals surface area (Å²) in [5, 5.41) is 9.60. The first-order valence-corrected chi connectivity index (χ1v) is 10.2. The predicted molar refractivity (Wildman–Crippen MR) is 113 cm³/mol. The zero-order chi connectivity index (χ0) is 20.4. The van der Waals surface area contributed by atoms with Crippen LogP contribution >= 0.6 is 11.6 Å². The fourth-order valence-electron chi connectivity index (χ4n) is 3.41. The molecule has 1 saturated carbocycles. The number of hydrazone groups is 1. The number of halogens is 1. The third kappa shape index (κ3) is 4.80. The number of hydrogen-bond acceptors (Lipinski definition) is 6. The monoisotopic (exact) mass is 416 g/mol. The van der Waals surface area contributed by atoms with Crippen LogP contribution in [-0.2, 0) is 16.1 Å². The quantitative estimate of drug-likeness (QED) is 0.554. The lowest BCUT2D eigenvalue weighted by Gasteiger charge is -2.27. The van der Waals surface area contributed by atoms with Crippen LogP contribution in [0.4, 0.5) is 0 Å². The lowest BCUT2D eigenvalue weighted by molar-refractivity contribution is -0.121. The maximum atomic E-state index is 12.5. The largest absolute Gasteiger partial charge is 0.460 e. The third-order valence-corrected chi connectivity index (χ3v) is 5.25. The van der Waals surface area contributed by atoms with Gasteiger partial charge in [-0.15, -0.1) is 0 Å². The van der Waals surface area contributed by atoms with Gasteiger partial charge >= 0.3 is 0 Å². The molecule has 1 saturated heterocycles. The minimum Gasteiger partial charge on any atom is -0.460 e. The van der Waals surface area contributed by atoms with E-state index >= 15 is 0 Å². The average Bonchev–Trinajstić information content (AvgIpc) is 3.46. The average molecular weight is 417 g/mol. The molecule has 0 atom stereocenters. The number of furan rings is 1. The molecule has 1 N–H and O–H groups in total. The van der Waals surface area contributed by atoms with Gasteiger partial charge in [-0.1, -0.05) is 18.2 Å². The van der Waals surface area contributed by atoms with Gasteiger partial charge in [0.25, 0.3) is 5.91 Å². The Bertz CT molecular complexity index is 945. The summed E-state index contributed by atoms with van der Waals surface area (Å²) < 4.78 is 11.4. The molecule has 7 nitrogen and oxygen atoms in total. The first-order valence-electron chi connectivity index (χ1n) is 9.81. The van der Waals surface area contributed by atoms with Crippen LogP contribution in [0.1, 0.15) is 30.1 Å². The van der Waals surface area contributed by atoms with E-state index in [0.717, 1.165) is 22.3 Å². The number of benzene rings is 1. The summed E-state index contributed by atoms with van der Waals surface area (Å²) in [5.41, 5.74) is 4.86. The Morgan fingerprint density at radius 2 is 2.14 bits per heavy atom. The molecule has 1 aliphatic heterocycles. The van der Waals surface area contributed by atoms with Gasteiger partial charge in [-0.3, -0.25) is 15.2 Å². The van der Waals surface area contributed by atoms with Crippen LogP contribution in [0.5, 0.6) is 0 Å². The number of nitrogens with zero attached hydrogens (tertiary/aromatic N) is 3. The number of nitrogens with one attached hydrogen (secondary N) is 1. The third-order valence-electron chi connectivity index (χ3n) is 5.03. The first-order chi connectivity index (χ1) is 14.0. The number of ether oxygens (including phenoxy) is 1. The van der Waals surface area contributed by atoms with Gasteiger partial charge in [-0.25, -0.2) is 5.01 Å². The van der Waals surface area contributed by atoms with Gasteiger partial charge in [0, 0.05) is 42.0 Å². The lowest BCUT2D eigenvalue weighted by Crippen LogP contribution is -2.50. The molecule has 154 valence electrons. The minimum absolute atomic E-state index is 0.246. The summed E-state index contributed by atoms with van der Waals surface area (Å²) in [4.78, 5) is 12.5. The van der Waals surface area contributed by atoms with Crippen molar-refractivity contribution in [1.82, 2.24) is 15.4 Å². The molecule has 1 amide bonds. The fourth-order valence-corrected chi connectivity index (χ4v) is 3.66. The Balaban J connectivity index is 1.49. The molecular formula is C21H25ClN4O3. The first kappa shape index (κ1) is 19.9. The van der Waals surface area contributed by atoms with Crippen molar-refractivity contribution in [2.24, 2.45) is 5.10 Å². The Kier molecular flexibility index (Phi) is 5.89. The summed E-state index contributed by atoms with van der Waals surface area (Å²) in [6, 6.07) is 5.89. The van der Waals surface area contributed by atoms with E-state index in [9.17, 15) is 4.79 Å². The number of fused-ring (bicyclic) bond motifs is 1. The van der Waals surface area contributed by atoms with Gasteiger partial charge < -0.3 is 9.15 Å². The summed E-state index contributed by atoms with van der Waals surface area (Å²) in [5.74, 6) is 1.26. The van der Waals surface area contributed by atoms with Crippen molar-refractivity contribution in [3.05, 3.63) is 47.2 Å². The molecule has 0 unspecified atom stereocenters. The second-order valence-electron chi connectivity index (χ2n) is 7.45. The maximum absolute atomic E-state index is 12.5. The second-order valence-corrected chi connectivity index (χ2v) is 7.89. The summed E-state index contributed by atoms with van der Waals surface area (Å²) in [6.45, 7) is 6.67. The van der Waals surface area contributed by atoms with E-state index in [1.165, 1.54) is 18.9 Å². The molecule has 2 fully saturated rings. The number of carbonyl (C=O) groups excluding carboxylic acids is 1. The molecule has 1 aliphatic carbocycles. The molecule has 1 aromatic carbocycles. The van der Waals surface area contributed by atoms with E-state index in [0.29, 0.717) is 43.8 Å². The van der Waals surface area contributed by atoms with Gasteiger partial charge in [0.1, 0.15) is 17.1 Å². The lowest BCUT2D eigenvalue weighted by atomic mass is 10.1. The predicted octanol–water partition coefficient (Wildman–Crippen LogP) is 3.30. The Morgan fingerprint density at radius 1 is 1.38 bits per heavy atom. The topological polar surface area (TPSA) is 70.3 Å². The number of carbonyl (C=O) groups is 1. The SMILES string of the molecule is C=C/C(=N\N(C)Cc1cc(Cl)cc2cc(C3CC3)oc12)C(=O)NN1CCOCC1. The van der Waals surface area contributed by atoms with Crippen molar-refractivity contribution in [2.75, 3.05) is 33.4 Å². The highest BCUT2D eigenvalue weighted by Crippen LogP contribution is 2.43. The Labute approximate surface area is 174 Å². The molecule has 0 spiro atoms. The van der Waals surface area contributed by atoms with E-state index in [1.807, 2.05) is 24.2 Å². The van der Waals surface area contributed by atoms with Crippen molar-refractivity contribution in [3.63, 3.8) is 0 Å². The Morgan fingerprint density at radius 3 is 2.83 bits per heavy atom. The molecule has 4 rings (SSSR count). The fraction of sp³-hybridized carbons (Fsp3) is 0.429. The van der Waals surface area contributed by atoms with Crippen molar-refractivity contribution in [3.8, 4) is 0 Å². The molecule has 29 heavy (non-hydrogen) atoms. The van der Waals surface area contributed by atoms with E-state index in [-0.39, 0.29) is 11.6 Å². The highest BCUT2D eigenvalue weighted by atomic mass is 35.5. The number of hydrogen-bond donors (Lipinski definition) is 1. The van der Waals surface area contributed by atoms with Gasteiger partial charge in [-0.2, -0.15) is 5.10 Å². The number of amides is 1. The number of hydrazine groups is 1. The molecule has 1 aromatic heterocycles. The maximum Gasteiger partial charge on any atom is 0.285 e. The van der Waals surface area contributed by atoms with E-state index in [4.69, 9.17) is 20.8 Å². The standard InChI is InChI=1S/C21H25ClN4O3/c1-3-18(21(27)24-26-6-8-28-9-7-26)23-25(2)13-16-11-17(22)10-15-12-19(14-4-5-14)29-20(15)16/h3,10-12,14H,1,4-9,13H2,2H3,(H,24,27)/b23-18+. The summed E-state index contributed by atoms with van der Waals surface area (Å²) in [7, 11) is 1.81. The van der Waals surface area contributed by atoms with Crippen LogP contribution in [0.25, 0.3) is 11.0 Å². The zero-order valence-corrected chi connectivity index (χ0v) is 17.2. The smallest absolute Gasteiger partial charge is 0.285 e. The number of rotatable bonds is 7. The van der Waals surface area contributed by atoms with Gasteiger partial charge in [0.15, 0.2) is 0 Å². The molecule has 2 aliphatic rings. The molecule has 8 heteroatoms. The highest BCUT2D eigenvalue weighted by molar-refractivity contribution is 6.43. The molecule has 2 aromatic rings. The molecular weight excluding hydrogens is 392 g/mol. The van der Waals surface area contributed by atoms with E-state index in [2.05, 4.69) is 23.2 Å². The van der Waals surface area contributed by atoms with Crippen molar-refractivity contribution >= 4 is 34.2 Å². The molecule has 2 heterocycles. The van der Waals surface area contributed by atoms with Crippen LogP contribution in [0.3, 0.4) is 0 Å². The van der Waals surface area contributed by atoms with Crippen LogP contribution in [-0.4, -0.2) is 55.0 Å². The second kappa shape index (κ2) is 8.57. The summed E-state index contributed by atoms with van der Waals surface area (Å²) >= 11 is 6.31. The van der Waals surface area contributed by atoms with Crippen LogP contribution < -0.4 is 5.43 Å². The van der Waals surface area contributed by atoms with Crippen LogP contribution in [0.15, 0.2) is 40.4 Å². The van der Waals surface area contributed by atoms with Crippen molar-refractivity contribution in [1.29, 1.82) is 0 Å². The van der Waals surface area contributed by atoms with Crippen LogP contribution in [0, 0.1) is 0 Å². The van der Waals surface area contributed by atoms with Gasteiger partial charge in [0.2, 0.25) is 0 Å². The summed E-state index contributed by atoms with van der Waals surface area (Å²) in [6.07, 6.45) is 3.81.